The maximum Gasteiger partial charge on any atom is 0.255 e. The van der Waals surface area contributed by atoms with Crippen LogP contribution in [-0.2, 0) is 9.53 Å². The average Bonchev–Trinajstić information content (AvgIpc) is 3.42. The van der Waals surface area contributed by atoms with Crippen LogP contribution in [0, 0.1) is 0 Å². The standard InChI is InChI=1S/C32H36N4O10/c1-18-25(35-31(46-18)21-10-6-13-24(39)28(21)42)32(45)36(17-7-15-34-30(44)20-9-5-12-23(38)27(20)41)16-3-2-14-33-29(43)19-8-4-11-22(37)26(19)40/h4-6,8-13,18,25,37-42H,2-3,7,14-17H2,1H3,(H,33,43)(H,34,44)/t18-,25+/m0/s1. The molecule has 0 saturated heterocycles. The summed E-state index contributed by atoms with van der Waals surface area (Å²) in [6.45, 7) is 2.50. The average molecular weight is 637 g/mol. The largest absolute Gasteiger partial charge is 0.504 e. The van der Waals surface area contributed by atoms with E-state index in [1.165, 1.54) is 54.6 Å². The van der Waals surface area contributed by atoms with Gasteiger partial charge in [0.05, 0.1) is 16.7 Å². The summed E-state index contributed by atoms with van der Waals surface area (Å²) in [5, 5.41) is 64.7. The summed E-state index contributed by atoms with van der Waals surface area (Å²) in [6.07, 6.45) is 0.573. The Morgan fingerprint density at radius 3 is 1.80 bits per heavy atom. The van der Waals surface area contributed by atoms with Crippen LogP contribution in [0.3, 0.4) is 0 Å². The van der Waals surface area contributed by atoms with Gasteiger partial charge in [-0.2, -0.15) is 0 Å². The summed E-state index contributed by atoms with van der Waals surface area (Å²) in [5.41, 5.74) is -0.0253. The topological polar surface area (TPSA) is 221 Å². The molecule has 3 aromatic carbocycles. The lowest BCUT2D eigenvalue weighted by Gasteiger charge is -2.26. The molecule has 2 atom stereocenters. The summed E-state index contributed by atoms with van der Waals surface area (Å²) in [5.74, 6) is -4.20. The fourth-order valence-electron chi connectivity index (χ4n) is 4.84. The van der Waals surface area contributed by atoms with E-state index in [-0.39, 0.29) is 60.4 Å². The maximum atomic E-state index is 13.7. The van der Waals surface area contributed by atoms with Crippen LogP contribution in [0.15, 0.2) is 59.6 Å². The highest BCUT2D eigenvalue weighted by Crippen LogP contribution is 2.32. The zero-order valence-corrected chi connectivity index (χ0v) is 25.0. The third-order valence-electron chi connectivity index (χ3n) is 7.36. The van der Waals surface area contributed by atoms with Crippen LogP contribution in [0.25, 0.3) is 0 Å². The Morgan fingerprint density at radius 2 is 1.22 bits per heavy atom. The number of hydrogen-bond donors (Lipinski definition) is 8. The minimum absolute atomic E-state index is 0.00954. The van der Waals surface area contributed by atoms with Crippen LogP contribution < -0.4 is 10.6 Å². The zero-order chi connectivity index (χ0) is 33.4. The van der Waals surface area contributed by atoms with Gasteiger partial charge in [0.2, 0.25) is 5.90 Å². The molecular formula is C32H36N4O10. The summed E-state index contributed by atoms with van der Waals surface area (Å²) in [4.78, 5) is 44.6. The molecular weight excluding hydrogens is 600 g/mol. The van der Waals surface area contributed by atoms with Gasteiger partial charge >= 0.3 is 0 Å². The van der Waals surface area contributed by atoms with Gasteiger partial charge in [-0.3, -0.25) is 14.4 Å². The van der Waals surface area contributed by atoms with Crippen molar-refractivity contribution in [1.29, 1.82) is 0 Å². The van der Waals surface area contributed by atoms with Gasteiger partial charge < -0.3 is 50.9 Å². The van der Waals surface area contributed by atoms with Crippen LogP contribution in [-0.4, -0.2) is 97.5 Å². The Bertz CT molecular complexity index is 1630. The van der Waals surface area contributed by atoms with Gasteiger partial charge in [0.25, 0.3) is 17.7 Å². The van der Waals surface area contributed by atoms with Gasteiger partial charge in [0.15, 0.2) is 40.5 Å². The molecule has 8 N–H and O–H groups in total. The van der Waals surface area contributed by atoms with E-state index in [1.54, 1.807) is 11.8 Å². The number of phenolic OH excluding ortho intramolecular Hbond substituents is 6. The minimum atomic E-state index is -0.955. The van der Waals surface area contributed by atoms with E-state index in [0.29, 0.717) is 19.3 Å². The number of ether oxygens (including phenoxy) is 1. The molecule has 244 valence electrons. The molecule has 0 spiro atoms. The number of amides is 3. The second kappa shape index (κ2) is 14.9. The second-order valence-electron chi connectivity index (χ2n) is 10.6. The Morgan fingerprint density at radius 1 is 0.717 bits per heavy atom. The van der Waals surface area contributed by atoms with Gasteiger partial charge in [-0.25, -0.2) is 4.99 Å². The zero-order valence-electron chi connectivity index (χ0n) is 25.0. The number of hydrogen-bond acceptors (Lipinski definition) is 11. The number of unbranched alkanes of at least 4 members (excludes halogenated alkanes) is 1. The molecule has 0 fully saturated rings. The number of para-hydroxylation sites is 3. The van der Waals surface area contributed by atoms with E-state index >= 15 is 0 Å². The number of benzene rings is 3. The number of aliphatic imine (C=N–C) groups is 1. The van der Waals surface area contributed by atoms with Gasteiger partial charge in [0.1, 0.15) is 6.10 Å². The van der Waals surface area contributed by atoms with Crippen molar-refractivity contribution in [3.8, 4) is 34.5 Å². The fourth-order valence-corrected chi connectivity index (χ4v) is 4.84. The molecule has 3 aromatic rings. The monoisotopic (exact) mass is 636 g/mol. The SMILES string of the molecule is C[C@@H]1OC(c2cccc(O)c2O)=N[C@H]1C(=O)N(CCCCNC(=O)c1cccc(O)c1O)CCCNC(=O)c1cccc(O)c1O. The lowest BCUT2D eigenvalue weighted by molar-refractivity contribution is -0.134. The first-order valence-corrected chi connectivity index (χ1v) is 14.6. The Hall–Kier alpha value is -5.66. The number of rotatable bonds is 13. The lowest BCUT2D eigenvalue weighted by atomic mass is 10.1. The van der Waals surface area contributed by atoms with Crippen LogP contribution >= 0.6 is 0 Å². The summed E-state index contributed by atoms with van der Waals surface area (Å²) >= 11 is 0. The van der Waals surface area contributed by atoms with Crippen molar-refractivity contribution >= 4 is 23.6 Å². The van der Waals surface area contributed by atoms with Crippen molar-refractivity contribution < 1.29 is 49.8 Å². The highest BCUT2D eigenvalue weighted by atomic mass is 16.5. The molecule has 14 heteroatoms. The predicted molar refractivity (Wildman–Crippen MR) is 165 cm³/mol. The first-order valence-electron chi connectivity index (χ1n) is 14.6. The quantitative estimate of drug-likeness (QED) is 0.101. The molecule has 0 saturated carbocycles. The van der Waals surface area contributed by atoms with Crippen molar-refractivity contribution in [2.24, 2.45) is 4.99 Å². The molecule has 4 rings (SSSR count). The van der Waals surface area contributed by atoms with E-state index in [0.717, 1.165) is 0 Å². The molecule has 1 heterocycles. The summed E-state index contributed by atoms with van der Waals surface area (Å²) in [7, 11) is 0. The van der Waals surface area contributed by atoms with Crippen molar-refractivity contribution in [1.82, 2.24) is 15.5 Å². The van der Waals surface area contributed by atoms with Crippen LogP contribution in [0.1, 0.15) is 52.5 Å². The van der Waals surface area contributed by atoms with E-state index < -0.39 is 52.7 Å². The molecule has 1 aliphatic heterocycles. The number of aromatic hydroxyl groups is 6. The van der Waals surface area contributed by atoms with Crippen LogP contribution in [0.5, 0.6) is 34.5 Å². The van der Waals surface area contributed by atoms with Crippen molar-refractivity contribution in [3.63, 3.8) is 0 Å². The number of nitrogens with zero attached hydrogens (tertiary/aromatic N) is 2. The van der Waals surface area contributed by atoms with Crippen LogP contribution in [0.4, 0.5) is 0 Å². The number of carbonyl (C=O) groups is 3. The normalized spacial score (nSPS) is 15.5. The second-order valence-corrected chi connectivity index (χ2v) is 10.6. The molecule has 0 aliphatic carbocycles. The molecule has 1 aliphatic rings. The summed E-state index contributed by atoms with van der Waals surface area (Å²) < 4.78 is 5.77. The van der Waals surface area contributed by atoms with Gasteiger partial charge in [0, 0.05) is 26.2 Å². The molecule has 0 unspecified atom stereocenters. The van der Waals surface area contributed by atoms with Crippen LogP contribution in [0.2, 0.25) is 0 Å². The highest BCUT2D eigenvalue weighted by molar-refractivity contribution is 6.01. The van der Waals surface area contributed by atoms with E-state index in [1.807, 2.05) is 0 Å². The maximum absolute atomic E-state index is 13.7. The van der Waals surface area contributed by atoms with Crippen molar-refractivity contribution in [3.05, 3.63) is 71.3 Å². The third kappa shape index (κ3) is 7.70. The van der Waals surface area contributed by atoms with Crippen molar-refractivity contribution in [2.45, 2.75) is 38.3 Å². The van der Waals surface area contributed by atoms with E-state index in [9.17, 15) is 45.0 Å². The number of phenols is 6. The first kappa shape index (κ1) is 33.2. The van der Waals surface area contributed by atoms with Gasteiger partial charge in [-0.05, 0) is 62.6 Å². The first-order chi connectivity index (χ1) is 22.0. The smallest absolute Gasteiger partial charge is 0.255 e. The molecule has 14 nitrogen and oxygen atoms in total. The Kier molecular flexibility index (Phi) is 10.8. The van der Waals surface area contributed by atoms with E-state index in [4.69, 9.17) is 4.74 Å². The highest BCUT2D eigenvalue weighted by Gasteiger charge is 2.37. The van der Waals surface area contributed by atoms with Gasteiger partial charge in [-0.1, -0.05) is 18.2 Å². The third-order valence-corrected chi connectivity index (χ3v) is 7.36. The summed E-state index contributed by atoms with van der Waals surface area (Å²) in [6, 6.07) is 11.5. The molecule has 0 aromatic heterocycles. The predicted octanol–water partition coefficient (Wildman–Crippen LogP) is 2.31. The minimum Gasteiger partial charge on any atom is -0.504 e. The number of carbonyl (C=O) groups excluding carboxylic acids is 3. The van der Waals surface area contributed by atoms with Crippen molar-refractivity contribution in [2.75, 3.05) is 26.2 Å². The molecule has 0 radical (unpaired) electrons. The fraction of sp³-hybridized carbons (Fsp3) is 0.312. The molecule has 46 heavy (non-hydrogen) atoms. The Balaban J connectivity index is 1.38. The number of nitrogens with one attached hydrogen (secondary N) is 2. The lowest BCUT2D eigenvalue weighted by Crippen LogP contribution is -2.43. The van der Waals surface area contributed by atoms with E-state index in [2.05, 4.69) is 15.6 Å². The molecule has 3 amide bonds. The molecule has 0 bridgehead atoms. The van der Waals surface area contributed by atoms with Gasteiger partial charge in [-0.15, -0.1) is 0 Å². The Labute approximate surface area is 264 Å².